The molecule has 1 unspecified atom stereocenters. The van der Waals surface area contributed by atoms with Crippen LogP contribution >= 0.6 is 0 Å². The standard InChI is InChI=1S/C24H25N3O2/c1-3-26(16-18-10-5-4-6-11-18)17-27-22(28)24(2,25-23(27)29)21-15-9-13-19-12-7-8-14-20(19)21/h4-15H,3,16-17H2,1-2H3,(H,25,29)/p+1/t24-/m1/s1. The van der Waals surface area contributed by atoms with Crippen LogP contribution in [0.3, 0.4) is 0 Å². The fraction of sp³-hybridized carbons (Fsp3) is 0.250. The summed E-state index contributed by atoms with van der Waals surface area (Å²) in [6.07, 6.45) is 0. The first-order chi connectivity index (χ1) is 14.0. The third-order valence-electron chi connectivity index (χ3n) is 5.78. The van der Waals surface area contributed by atoms with Crippen molar-refractivity contribution in [1.29, 1.82) is 0 Å². The number of quaternary nitrogens is 1. The molecule has 5 heteroatoms. The molecule has 0 aliphatic carbocycles. The maximum absolute atomic E-state index is 13.4. The monoisotopic (exact) mass is 388 g/mol. The van der Waals surface area contributed by atoms with E-state index >= 15 is 0 Å². The number of fused-ring (bicyclic) bond motifs is 1. The fourth-order valence-corrected chi connectivity index (χ4v) is 4.09. The highest BCUT2D eigenvalue weighted by atomic mass is 16.2. The molecule has 1 heterocycles. The van der Waals surface area contributed by atoms with Gasteiger partial charge in [-0.15, -0.1) is 0 Å². The molecular formula is C24H26N3O2+. The first kappa shape index (κ1) is 19.2. The molecule has 5 nitrogen and oxygen atoms in total. The molecule has 0 spiro atoms. The molecule has 2 atom stereocenters. The van der Waals surface area contributed by atoms with Crippen LogP contribution < -0.4 is 10.2 Å². The Morgan fingerprint density at radius 1 is 0.931 bits per heavy atom. The molecule has 0 aromatic heterocycles. The van der Waals surface area contributed by atoms with Gasteiger partial charge in [0, 0.05) is 5.56 Å². The molecule has 2 N–H and O–H groups in total. The summed E-state index contributed by atoms with van der Waals surface area (Å²) in [4.78, 5) is 28.7. The summed E-state index contributed by atoms with van der Waals surface area (Å²) >= 11 is 0. The SMILES string of the molecule is CC[NH+](Cc1ccccc1)CN1C(=O)N[C@](C)(c2cccc3ccccc23)C1=O. The number of hydrogen-bond acceptors (Lipinski definition) is 2. The zero-order valence-electron chi connectivity index (χ0n) is 16.8. The van der Waals surface area contributed by atoms with E-state index in [-0.39, 0.29) is 11.9 Å². The molecule has 1 aliphatic rings. The first-order valence-electron chi connectivity index (χ1n) is 10.0. The minimum atomic E-state index is -1.07. The zero-order valence-corrected chi connectivity index (χ0v) is 16.8. The largest absolute Gasteiger partial charge is 0.329 e. The molecule has 1 aliphatic heterocycles. The minimum absolute atomic E-state index is 0.196. The Bertz CT molecular complexity index is 1040. The number of benzene rings is 3. The van der Waals surface area contributed by atoms with Gasteiger partial charge in [-0.3, -0.25) is 4.79 Å². The lowest BCUT2D eigenvalue weighted by Crippen LogP contribution is -3.12. The Morgan fingerprint density at radius 2 is 1.62 bits per heavy atom. The number of urea groups is 1. The Hall–Kier alpha value is -3.18. The van der Waals surface area contributed by atoms with E-state index in [4.69, 9.17) is 0 Å². The predicted molar refractivity (Wildman–Crippen MR) is 113 cm³/mol. The van der Waals surface area contributed by atoms with Crippen LogP contribution in [0.15, 0.2) is 72.8 Å². The normalized spacial score (nSPS) is 20.1. The lowest BCUT2D eigenvalue weighted by atomic mass is 9.88. The predicted octanol–water partition coefficient (Wildman–Crippen LogP) is 2.67. The van der Waals surface area contributed by atoms with Gasteiger partial charge in [0.25, 0.3) is 5.91 Å². The summed E-state index contributed by atoms with van der Waals surface area (Å²) in [5, 5.41) is 4.99. The van der Waals surface area contributed by atoms with Crippen molar-refractivity contribution in [2.75, 3.05) is 13.2 Å². The van der Waals surface area contributed by atoms with Crippen LogP contribution in [0.4, 0.5) is 4.79 Å². The number of imide groups is 1. The van der Waals surface area contributed by atoms with Crippen molar-refractivity contribution in [3.05, 3.63) is 83.9 Å². The highest BCUT2D eigenvalue weighted by Crippen LogP contribution is 2.33. The Balaban J connectivity index is 1.61. The van der Waals surface area contributed by atoms with Gasteiger partial charge in [0.05, 0.1) is 6.54 Å². The molecule has 1 saturated heterocycles. The van der Waals surface area contributed by atoms with E-state index in [0.717, 1.165) is 34.3 Å². The van der Waals surface area contributed by atoms with E-state index in [1.165, 1.54) is 10.5 Å². The molecule has 0 bridgehead atoms. The van der Waals surface area contributed by atoms with Gasteiger partial charge in [0.2, 0.25) is 0 Å². The van der Waals surface area contributed by atoms with Gasteiger partial charge in [-0.05, 0) is 30.2 Å². The Morgan fingerprint density at radius 3 is 2.38 bits per heavy atom. The number of hydrogen-bond donors (Lipinski definition) is 2. The van der Waals surface area contributed by atoms with Crippen LogP contribution in [-0.2, 0) is 16.9 Å². The van der Waals surface area contributed by atoms with Crippen LogP contribution in [-0.4, -0.2) is 30.1 Å². The highest BCUT2D eigenvalue weighted by Gasteiger charge is 2.50. The van der Waals surface area contributed by atoms with Crippen molar-refractivity contribution in [1.82, 2.24) is 10.2 Å². The van der Waals surface area contributed by atoms with Gasteiger partial charge in [-0.1, -0.05) is 72.8 Å². The number of carbonyl (C=O) groups is 2. The summed E-state index contributed by atoms with van der Waals surface area (Å²) in [6.45, 7) is 5.80. The number of amides is 3. The van der Waals surface area contributed by atoms with Crippen molar-refractivity contribution < 1.29 is 14.5 Å². The number of rotatable bonds is 6. The molecule has 4 rings (SSSR count). The quantitative estimate of drug-likeness (QED) is 0.638. The molecule has 0 radical (unpaired) electrons. The van der Waals surface area contributed by atoms with Crippen LogP contribution in [0.25, 0.3) is 10.8 Å². The van der Waals surface area contributed by atoms with Gasteiger partial charge in [0.1, 0.15) is 12.1 Å². The summed E-state index contributed by atoms with van der Waals surface area (Å²) < 4.78 is 0. The zero-order chi connectivity index (χ0) is 20.4. The second-order valence-electron chi connectivity index (χ2n) is 7.74. The van der Waals surface area contributed by atoms with Gasteiger partial charge >= 0.3 is 6.03 Å². The van der Waals surface area contributed by atoms with Gasteiger partial charge in [-0.2, -0.15) is 0 Å². The van der Waals surface area contributed by atoms with E-state index in [0.29, 0.717) is 6.67 Å². The molecule has 3 aromatic rings. The van der Waals surface area contributed by atoms with Crippen molar-refractivity contribution in [2.24, 2.45) is 0 Å². The molecule has 148 valence electrons. The molecular weight excluding hydrogens is 362 g/mol. The fourth-order valence-electron chi connectivity index (χ4n) is 4.09. The molecule has 3 aromatic carbocycles. The Kier molecular flexibility index (Phi) is 5.07. The van der Waals surface area contributed by atoms with Crippen molar-refractivity contribution in [3.8, 4) is 0 Å². The number of carbonyl (C=O) groups excluding carboxylic acids is 2. The van der Waals surface area contributed by atoms with Gasteiger partial charge in [0.15, 0.2) is 6.67 Å². The molecule has 0 saturated carbocycles. The highest BCUT2D eigenvalue weighted by molar-refractivity contribution is 6.09. The van der Waals surface area contributed by atoms with E-state index in [2.05, 4.69) is 24.4 Å². The lowest BCUT2D eigenvalue weighted by molar-refractivity contribution is -0.919. The average Bonchev–Trinajstić information content (AvgIpc) is 2.97. The van der Waals surface area contributed by atoms with Crippen molar-refractivity contribution in [3.63, 3.8) is 0 Å². The third kappa shape index (κ3) is 3.49. The van der Waals surface area contributed by atoms with E-state index in [1.807, 2.05) is 60.7 Å². The maximum atomic E-state index is 13.4. The van der Waals surface area contributed by atoms with E-state index in [9.17, 15) is 9.59 Å². The molecule has 1 fully saturated rings. The summed E-state index contributed by atoms with van der Waals surface area (Å²) in [7, 11) is 0. The summed E-state index contributed by atoms with van der Waals surface area (Å²) in [5.41, 5.74) is 0.953. The Labute approximate surface area is 170 Å². The third-order valence-corrected chi connectivity index (χ3v) is 5.78. The topological polar surface area (TPSA) is 53.9 Å². The second kappa shape index (κ2) is 7.68. The van der Waals surface area contributed by atoms with Crippen LogP contribution in [0, 0.1) is 0 Å². The molecule has 3 amide bonds. The second-order valence-corrected chi connectivity index (χ2v) is 7.74. The van der Waals surface area contributed by atoms with E-state index in [1.54, 1.807) is 6.92 Å². The van der Waals surface area contributed by atoms with E-state index < -0.39 is 5.54 Å². The summed E-state index contributed by atoms with van der Waals surface area (Å²) in [5.74, 6) is -0.196. The first-order valence-corrected chi connectivity index (χ1v) is 10.0. The van der Waals surface area contributed by atoms with Gasteiger partial charge < -0.3 is 10.2 Å². The minimum Gasteiger partial charge on any atom is -0.319 e. The van der Waals surface area contributed by atoms with Crippen LogP contribution in [0.2, 0.25) is 0 Å². The molecule has 29 heavy (non-hydrogen) atoms. The van der Waals surface area contributed by atoms with Gasteiger partial charge in [-0.25, -0.2) is 9.69 Å². The average molecular weight is 388 g/mol. The lowest BCUT2D eigenvalue weighted by Gasteiger charge is -2.25. The number of nitrogens with zero attached hydrogens (tertiary/aromatic N) is 1. The summed E-state index contributed by atoms with van der Waals surface area (Å²) in [6, 6.07) is 23.6. The van der Waals surface area contributed by atoms with Crippen LogP contribution in [0.1, 0.15) is 25.0 Å². The smallest absolute Gasteiger partial charge is 0.319 e. The maximum Gasteiger partial charge on any atom is 0.329 e. The van der Waals surface area contributed by atoms with Crippen LogP contribution in [0.5, 0.6) is 0 Å². The van der Waals surface area contributed by atoms with Crippen molar-refractivity contribution >= 4 is 22.7 Å². The van der Waals surface area contributed by atoms with Crippen molar-refractivity contribution in [2.45, 2.75) is 25.9 Å². The number of nitrogens with one attached hydrogen (secondary N) is 2.